The van der Waals surface area contributed by atoms with Gasteiger partial charge in [-0.15, -0.1) is 0 Å². The summed E-state index contributed by atoms with van der Waals surface area (Å²) in [7, 11) is 0. The van der Waals surface area contributed by atoms with Gasteiger partial charge in [-0.3, -0.25) is 4.79 Å². The highest BCUT2D eigenvalue weighted by molar-refractivity contribution is 5.75. The predicted octanol–water partition coefficient (Wildman–Crippen LogP) is 2.40. The minimum Gasteiger partial charge on any atom is -0.493 e. The molecule has 4 nitrogen and oxygen atoms in total. The third kappa shape index (κ3) is 2.40. The minimum absolute atomic E-state index is 0.288. The summed E-state index contributed by atoms with van der Waals surface area (Å²) < 4.78 is 5.67. The van der Waals surface area contributed by atoms with Gasteiger partial charge in [0, 0.05) is 6.54 Å². The maximum absolute atomic E-state index is 11.8. The Morgan fingerprint density at radius 2 is 2.30 bits per heavy atom. The lowest BCUT2D eigenvalue weighted by atomic mass is 9.71. The highest BCUT2D eigenvalue weighted by Crippen LogP contribution is 2.43. The van der Waals surface area contributed by atoms with Gasteiger partial charge in [0.2, 0.25) is 0 Å². The fourth-order valence-electron chi connectivity index (χ4n) is 3.51. The Morgan fingerprint density at radius 1 is 1.45 bits per heavy atom. The number of para-hydroxylation sites is 1. The van der Waals surface area contributed by atoms with Crippen molar-refractivity contribution in [3.8, 4) is 5.75 Å². The van der Waals surface area contributed by atoms with Crippen LogP contribution in [0.1, 0.15) is 37.2 Å². The van der Waals surface area contributed by atoms with Gasteiger partial charge in [0.05, 0.1) is 12.0 Å². The number of hydrogen-bond donors (Lipinski definition) is 2. The largest absolute Gasteiger partial charge is 0.493 e. The molecule has 0 aliphatic carbocycles. The fraction of sp³-hybridized carbons (Fsp3) is 0.562. The van der Waals surface area contributed by atoms with E-state index in [4.69, 9.17) is 4.74 Å². The van der Waals surface area contributed by atoms with Crippen LogP contribution in [0.25, 0.3) is 0 Å². The van der Waals surface area contributed by atoms with E-state index in [-0.39, 0.29) is 5.92 Å². The van der Waals surface area contributed by atoms with E-state index in [1.807, 2.05) is 18.2 Å². The van der Waals surface area contributed by atoms with Gasteiger partial charge in [0.15, 0.2) is 0 Å². The average molecular weight is 275 g/mol. The average Bonchev–Trinajstić information content (AvgIpc) is 2.48. The van der Waals surface area contributed by atoms with Gasteiger partial charge in [-0.25, -0.2) is 0 Å². The highest BCUT2D eigenvalue weighted by Gasteiger charge is 2.42. The maximum Gasteiger partial charge on any atom is 0.310 e. The second-order valence-electron chi connectivity index (χ2n) is 5.94. The summed E-state index contributed by atoms with van der Waals surface area (Å²) in [6, 6.07) is 8.03. The lowest BCUT2D eigenvalue weighted by molar-refractivity contribution is -0.151. The number of rotatable bonds is 3. The highest BCUT2D eigenvalue weighted by atomic mass is 16.5. The van der Waals surface area contributed by atoms with Gasteiger partial charge in [0.1, 0.15) is 5.75 Å². The normalized spacial score (nSPS) is 29.3. The van der Waals surface area contributed by atoms with Crippen molar-refractivity contribution < 1.29 is 14.6 Å². The lowest BCUT2D eigenvalue weighted by Crippen LogP contribution is -2.46. The summed E-state index contributed by atoms with van der Waals surface area (Å²) in [5.41, 5.74) is 0.554. The molecule has 0 saturated carbocycles. The van der Waals surface area contributed by atoms with Crippen molar-refractivity contribution >= 4 is 5.97 Å². The van der Waals surface area contributed by atoms with Crippen molar-refractivity contribution in [2.75, 3.05) is 19.7 Å². The Morgan fingerprint density at radius 3 is 3.05 bits per heavy atom. The van der Waals surface area contributed by atoms with Crippen LogP contribution in [-0.2, 0) is 4.79 Å². The molecular weight excluding hydrogens is 254 g/mol. The summed E-state index contributed by atoms with van der Waals surface area (Å²) >= 11 is 0. The molecule has 20 heavy (non-hydrogen) atoms. The van der Waals surface area contributed by atoms with Crippen LogP contribution < -0.4 is 10.1 Å². The molecule has 1 aromatic rings. The molecular formula is C16H21NO3. The monoisotopic (exact) mass is 275 g/mol. The number of carbonyl (C=O) groups is 1. The Hall–Kier alpha value is -1.55. The molecule has 2 atom stereocenters. The molecule has 0 bridgehead atoms. The van der Waals surface area contributed by atoms with Crippen molar-refractivity contribution in [3.63, 3.8) is 0 Å². The lowest BCUT2D eigenvalue weighted by Gasteiger charge is -2.38. The molecule has 2 N–H and O–H groups in total. The van der Waals surface area contributed by atoms with E-state index in [1.165, 1.54) is 5.56 Å². The topological polar surface area (TPSA) is 58.6 Å². The standard InChI is InChI=1S/C16H21NO3/c18-15(19)16(7-3-8-17-11-16)10-12-6-9-20-14-5-2-1-4-13(12)14/h1-2,4-5,12,17H,3,6-11H2,(H,18,19). The maximum atomic E-state index is 11.8. The summed E-state index contributed by atoms with van der Waals surface area (Å²) in [5.74, 6) is 0.553. The second-order valence-corrected chi connectivity index (χ2v) is 5.94. The first-order valence-corrected chi connectivity index (χ1v) is 7.37. The SMILES string of the molecule is O=C(O)C1(CC2CCOc3ccccc32)CCCNC1. The Labute approximate surface area is 119 Å². The molecule has 1 aromatic carbocycles. The van der Waals surface area contributed by atoms with Crippen molar-refractivity contribution in [2.24, 2.45) is 5.41 Å². The molecule has 4 heteroatoms. The van der Waals surface area contributed by atoms with E-state index in [2.05, 4.69) is 11.4 Å². The molecule has 2 aliphatic heterocycles. The Kier molecular flexibility index (Phi) is 3.66. The zero-order chi connectivity index (χ0) is 14.0. The van der Waals surface area contributed by atoms with Crippen molar-refractivity contribution in [1.82, 2.24) is 5.32 Å². The van der Waals surface area contributed by atoms with E-state index < -0.39 is 11.4 Å². The molecule has 3 rings (SSSR count). The third-order valence-corrected chi connectivity index (χ3v) is 4.65. The third-order valence-electron chi connectivity index (χ3n) is 4.65. The zero-order valence-electron chi connectivity index (χ0n) is 11.6. The molecule has 0 spiro atoms. The van der Waals surface area contributed by atoms with Crippen molar-refractivity contribution in [1.29, 1.82) is 0 Å². The first-order valence-electron chi connectivity index (χ1n) is 7.37. The van der Waals surface area contributed by atoms with Crippen LogP contribution in [0.3, 0.4) is 0 Å². The van der Waals surface area contributed by atoms with E-state index in [9.17, 15) is 9.90 Å². The number of benzene rings is 1. The van der Waals surface area contributed by atoms with Gasteiger partial charge in [-0.2, -0.15) is 0 Å². The number of aliphatic carboxylic acids is 1. The minimum atomic E-state index is -0.659. The first-order chi connectivity index (χ1) is 9.71. The Bertz CT molecular complexity index is 494. The summed E-state index contributed by atoms with van der Waals surface area (Å²) in [4.78, 5) is 11.8. The zero-order valence-corrected chi connectivity index (χ0v) is 11.6. The van der Waals surface area contributed by atoms with E-state index in [0.29, 0.717) is 19.6 Å². The molecule has 0 radical (unpaired) electrons. The number of carboxylic acids is 1. The van der Waals surface area contributed by atoms with Crippen molar-refractivity contribution in [3.05, 3.63) is 29.8 Å². The first kappa shape index (κ1) is 13.4. The Balaban J connectivity index is 1.85. The van der Waals surface area contributed by atoms with Gasteiger partial charge in [-0.1, -0.05) is 18.2 Å². The van der Waals surface area contributed by atoms with Crippen LogP contribution in [0.4, 0.5) is 0 Å². The van der Waals surface area contributed by atoms with Crippen LogP contribution in [0.5, 0.6) is 5.75 Å². The molecule has 2 aliphatic rings. The summed E-state index contributed by atoms with van der Waals surface area (Å²) in [6.07, 6.45) is 3.33. The van der Waals surface area contributed by atoms with Gasteiger partial charge in [-0.05, 0) is 49.8 Å². The number of hydrogen-bond acceptors (Lipinski definition) is 3. The number of ether oxygens (including phenoxy) is 1. The van der Waals surface area contributed by atoms with Gasteiger partial charge >= 0.3 is 5.97 Å². The molecule has 0 aromatic heterocycles. The number of carboxylic acid groups (broad SMARTS) is 1. The number of piperidine rings is 1. The van der Waals surface area contributed by atoms with Crippen LogP contribution in [0, 0.1) is 5.41 Å². The van der Waals surface area contributed by atoms with Crippen LogP contribution >= 0.6 is 0 Å². The van der Waals surface area contributed by atoms with Crippen LogP contribution in [-0.4, -0.2) is 30.8 Å². The van der Waals surface area contributed by atoms with Crippen LogP contribution in [0.15, 0.2) is 24.3 Å². The molecule has 2 heterocycles. The van der Waals surface area contributed by atoms with Gasteiger partial charge < -0.3 is 15.2 Å². The second kappa shape index (κ2) is 5.44. The molecule has 108 valence electrons. The summed E-state index contributed by atoms with van der Waals surface area (Å²) in [5, 5.41) is 13.0. The van der Waals surface area contributed by atoms with Gasteiger partial charge in [0.25, 0.3) is 0 Å². The number of nitrogens with one attached hydrogen (secondary N) is 1. The molecule has 1 saturated heterocycles. The molecule has 2 unspecified atom stereocenters. The molecule has 1 fully saturated rings. The predicted molar refractivity (Wildman–Crippen MR) is 76.1 cm³/mol. The van der Waals surface area contributed by atoms with E-state index in [1.54, 1.807) is 0 Å². The van der Waals surface area contributed by atoms with Crippen LogP contribution in [0.2, 0.25) is 0 Å². The quantitative estimate of drug-likeness (QED) is 0.889. The summed E-state index contributed by atoms with van der Waals surface area (Å²) in [6.45, 7) is 2.20. The van der Waals surface area contributed by atoms with E-state index in [0.717, 1.165) is 31.6 Å². The van der Waals surface area contributed by atoms with Crippen molar-refractivity contribution in [2.45, 2.75) is 31.6 Å². The smallest absolute Gasteiger partial charge is 0.310 e. The fourth-order valence-corrected chi connectivity index (χ4v) is 3.51. The molecule has 0 amide bonds. The van der Waals surface area contributed by atoms with E-state index >= 15 is 0 Å². The number of fused-ring (bicyclic) bond motifs is 1.